The van der Waals surface area contributed by atoms with Crippen molar-refractivity contribution < 1.29 is 14.6 Å². The van der Waals surface area contributed by atoms with Crippen molar-refractivity contribution in [1.82, 2.24) is 0 Å². The predicted octanol–water partition coefficient (Wildman–Crippen LogP) is 2.60. The van der Waals surface area contributed by atoms with Crippen LogP contribution in [-0.4, -0.2) is 23.3 Å². The van der Waals surface area contributed by atoms with Crippen molar-refractivity contribution in [3.05, 3.63) is 23.3 Å². The molecule has 2 aliphatic rings. The molecule has 100 valence electrons. The number of aliphatic hydroxyl groups excluding tert-OH is 1. The van der Waals surface area contributed by atoms with E-state index in [0.717, 1.165) is 12.8 Å². The van der Waals surface area contributed by atoms with Crippen molar-refractivity contribution in [2.75, 3.05) is 0 Å². The van der Waals surface area contributed by atoms with Gasteiger partial charge in [-0.2, -0.15) is 0 Å². The fourth-order valence-corrected chi connectivity index (χ4v) is 2.92. The molecular weight excluding hydrogens is 228 g/mol. The molecule has 1 N–H and O–H groups in total. The number of aliphatic hydroxyl groups is 1. The second-order valence-corrected chi connectivity index (χ2v) is 5.64. The Hall–Kier alpha value is -1.09. The van der Waals surface area contributed by atoms with Gasteiger partial charge in [-0.05, 0) is 39.2 Å². The normalized spacial score (nSPS) is 40.3. The summed E-state index contributed by atoms with van der Waals surface area (Å²) in [6.45, 7) is 5.95. The van der Waals surface area contributed by atoms with Crippen molar-refractivity contribution in [3.8, 4) is 0 Å². The second-order valence-electron chi connectivity index (χ2n) is 5.64. The smallest absolute Gasteiger partial charge is 0.309 e. The Morgan fingerprint density at radius 1 is 1.33 bits per heavy atom. The zero-order valence-corrected chi connectivity index (χ0v) is 11.3. The van der Waals surface area contributed by atoms with Gasteiger partial charge < -0.3 is 9.84 Å². The van der Waals surface area contributed by atoms with Crippen LogP contribution >= 0.6 is 0 Å². The predicted molar refractivity (Wildman–Crippen MR) is 69.9 cm³/mol. The fourth-order valence-electron chi connectivity index (χ4n) is 2.92. The van der Waals surface area contributed by atoms with E-state index in [1.165, 1.54) is 11.1 Å². The van der Waals surface area contributed by atoms with E-state index in [4.69, 9.17) is 4.74 Å². The summed E-state index contributed by atoms with van der Waals surface area (Å²) in [5.74, 6) is -0.524. The maximum Gasteiger partial charge on any atom is 0.309 e. The summed E-state index contributed by atoms with van der Waals surface area (Å²) in [6, 6.07) is 0. The lowest BCUT2D eigenvalue weighted by Gasteiger charge is -2.24. The minimum absolute atomic E-state index is 0.117. The molecule has 0 unspecified atom stereocenters. The average molecular weight is 250 g/mol. The molecule has 1 aliphatic carbocycles. The molecular formula is C15H22O3. The molecule has 1 heterocycles. The maximum atomic E-state index is 11.7. The van der Waals surface area contributed by atoms with Gasteiger partial charge in [-0.3, -0.25) is 4.79 Å². The number of carbonyl (C=O) groups excluding carboxylic acids is 1. The number of esters is 1. The van der Waals surface area contributed by atoms with E-state index >= 15 is 0 Å². The number of allylic oxidation sites excluding steroid dienone is 2. The van der Waals surface area contributed by atoms with E-state index in [0.29, 0.717) is 6.42 Å². The van der Waals surface area contributed by atoms with Gasteiger partial charge in [0.1, 0.15) is 6.10 Å². The summed E-state index contributed by atoms with van der Waals surface area (Å²) in [6.07, 6.45) is 6.05. The quantitative estimate of drug-likeness (QED) is 0.531. The molecule has 0 bridgehead atoms. The first-order valence-corrected chi connectivity index (χ1v) is 6.70. The topological polar surface area (TPSA) is 46.5 Å². The highest BCUT2D eigenvalue weighted by molar-refractivity contribution is 5.75. The van der Waals surface area contributed by atoms with E-state index in [9.17, 15) is 9.90 Å². The van der Waals surface area contributed by atoms with Crippen LogP contribution in [0.25, 0.3) is 0 Å². The van der Waals surface area contributed by atoms with Crippen LogP contribution in [0.5, 0.6) is 0 Å². The molecule has 1 aliphatic heterocycles. The minimum Gasteiger partial charge on any atom is -0.457 e. The molecule has 0 spiro atoms. The Balaban J connectivity index is 2.30. The largest absolute Gasteiger partial charge is 0.457 e. The lowest BCUT2D eigenvalue weighted by atomic mass is 9.82. The Morgan fingerprint density at radius 2 is 2.06 bits per heavy atom. The van der Waals surface area contributed by atoms with E-state index in [1.807, 2.05) is 19.9 Å². The zero-order valence-electron chi connectivity index (χ0n) is 11.3. The SMILES string of the molecule is CC1=CCC/C(C)=C/[C@H]2OC(=O)[C@H](C)[C@H]2[C@@H](O)C1. The molecule has 1 saturated heterocycles. The highest BCUT2D eigenvalue weighted by Gasteiger charge is 2.44. The Morgan fingerprint density at radius 3 is 2.78 bits per heavy atom. The van der Waals surface area contributed by atoms with Crippen LogP contribution in [-0.2, 0) is 9.53 Å². The van der Waals surface area contributed by atoms with Crippen LogP contribution in [0.1, 0.15) is 40.0 Å². The molecule has 0 saturated carbocycles. The van der Waals surface area contributed by atoms with Gasteiger partial charge in [-0.1, -0.05) is 24.1 Å². The summed E-state index contributed by atoms with van der Waals surface area (Å²) >= 11 is 0. The van der Waals surface area contributed by atoms with Crippen LogP contribution < -0.4 is 0 Å². The van der Waals surface area contributed by atoms with Gasteiger partial charge in [0.15, 0.2) is 0 Å². The first kappa shape index (κ1) is 13.3. The third kappa shape index (κ3) is 2.66. The Labute approximate surface area is 109 Å². The summed E-state index contributed by atoms with van der Waals surface area (Å²) in [7, 11) is 0. The molecule has 0 amide bonds. The monoisotopic (exact) mass is 250 g/mol. The van der Waals surface area contributed by atoms with E-state index in [2.05, 4.69) is 13.0 Å². The summed E-state index contributed by atoms with van der Waals surface area (Å²) in [4.78, 5) is 11.7. The van der Waals surface area contributed by atoms with E-state index in [-0.39, 0.29) is 23.9 Å². The molecule has 4 atom stereocenters. The van der Waals surface area contributed by atoms with Gasteiger partial charge in [0.25, 0.3) is 0 Å². The highest BCUT2D eigenvalue weighted by Crippen LogP contribution is 2.35. The van der Waals surface area contributed by atoms with Gasteiger partial charge in [0.2, 0.25) is 0 Å². The van der Waals surface area contributed by atoms with Crippen molar-refractivity contribution >= 4 is 5.97 Å². The third-order valence-electron chi connectivity index (χ3n) is 4.04. The lowest BCUT2D eigenvalue weighted by Crippen LogP contribution is -2.31. The summed E-state index contributed by atoms with van der Waals surface area (Å²) < 4.78 is 5.39. The van der Waals surface area contributed by atoms with Gasteiger partial charge in [-0.15, -0.1) is 0 Å². The van der Waals surface area contributed by atoms with Gasteiger partial charge in [0, 0.05) is 5.92 Å². The molecule has 0 aromatic carbocycles. The van der Waals surface area contributed by atoms with E-state index in [1.54, 1.807) is 0 Å². The summed E-state index contributed by atoms with van der Waals surface area (Å²) in [5.41, 5.74) is 2.42. The fraction of sp³-hybridized carbons (Fsp3) is 0.667. The molecule has 3 nitrogen and oxygen atoms in total. The van der Waals surface area contributed by atoms with Crippen molar-refractivity contribution in [1.29, 1.82) is 0 Å². The van der Waals surface area contributed by atoms with Crippen molar-refractivity contribution in [2.45, 2.75) is 52.2 Å². The van der Waals surface area contributed by atoms with Crippen LogP contribution in [0.2, 0.25) is 0 Å². The number of hydrogen-bond acceptors (Lipinski definition) is 3. The van der Waals surface area contributed by atoms with Crippen LogP contribution in [0, 0.1) is 11.8 Å². The Bertz CT molecular complexity index is 395. The number of ether oxygens (including phenoxy) is 1. The molecule has 3 heteroatoms. The molecule has 0 aromatic heterocycles. The van der Waals surface area contributed by atoms with Gasteiger partial charge in [-0.25, -0.2) is 0 Å². The van der Waals surface area contributed by atoms with Crippen LogP contribution in [0.3, 0.4) is 0 Å². The Kier molecular flexibility index (Phi) is 3.91. The van der Waals surface area contributed by atoms with Gasteiger partial charge in [0.05, 0.1) is 12.0 Å². The van der Waals surface area contributed by atoms with Crippen LogP contribution in [0.4, 0.5) is 0 Å². The first-order chi connectivity index (χ1) is 8.49. The maximum absolute atomic E-state index is 11.7. The number of hydrogen-bond donors (Lipinski definition) is 1. The average Bonchev–Trinajstić information content (AvgIpc) is 2.53. The number of rotatable bonds is 0. The molecule has 0 radical (unpaired) electrons. The van der Waals surface area contributed by atoms with E-state index < -0.39 is 6.10 Å². The molecule has 1 fully saturated rings. The first-order valence-electron chi connectivity index (χ1n) is 6.70. The number of fused-ring (bicyclic) bond motifs is 1. The summed E-state index contributed by atoms with van der Waals surface area (Å²) in [5, 5.41) is 10.3. The number of carbonyl (C=O) groups is 1. The lowest BCUT2D eigenvalue weighted by molar-refractivity contribution is -0.142. The highest BCUT2D eigenvalue weighted by atomic mass is 16.6. The zero-order chi connectivity index (χ0) is 13.3. The standard InChI is InChI=1S/C15H22O3/c1-9-5-4-6-10(2)8-13-14(12(16)7-9)11(3)15(17)18-13/h5,8,11-14,16H,4,6-7H2,1-3H3/b9-5?,10-8+/t11-,12+,13-,14+/m1/s1. The minimum atomic E-state index is -0.505. The van der Waals surface area contributed by atoms with Crippen LogP contribution in [0.15, 0.2) is 23.3 Å². The second kappa shape index (κ2) is 5.27. The molecule has 18 heavy (non-hydrogen) atoms. The molecule has 0 aromatic rings. The van der Waals surface area contributed by atoms with Crippen molar-refractivity contribution in [2.24, 2.45) is 11.8 Å². The molecule has 2 rings (SSSR count). The van der Waals surface area contributed by atoms with Gasteiger partial charge >= 0.3 is 5.97 Å². The van der Waals surface area contributed by atoms with Crippen molar-refractivity contribution in [3.63, 3.8) is 0 Å². The third-order valence-corrected chi connectivity index (χ3v) is 4.04.